The van der Waals surface area contributed by atoms with E-state index in [0.717, 1.165) is 18.4 Å². The topological polar surface area (TPSA) is 47.1 Å². The first-order valence-corrected chi connectivity index (χ1v) is 7.21. The molecular weight excluding hydrogens is 224 g/mol. The second-order valence-corrected chi connectivity index (χ2v) is 5.84. The van der Waals surface area contributed by atoms with E-state index < -0.39 is 0 Å². The van der Waals surface area contributed by atoms with Crippen LogP contribution in [-0.4, -0.2) is 33.8 Å². The van der Waals surface area contributed by atoms with Crippen molar-refractivity contribution in [2.24, 2.45) is 18.7 Å². The number of rotatable bonds is 4. The summed E-state index contributed by atoms with van der Waals surface area (Å²) in [5.74, 6) is 0.922. The van der Waals surface area contributed by atoms with Gasteiger partial charge in [-0.3, -0.25) is 9.58 Å². The lowest BCUT2D eigenvalue weighted by Crippen LogP contribution is -2.39. The largest absolute Gasteiger partial charge is 0.329 e. The highest BCUT2D eigenvalue weighted by Crippen LogP contribution is 2.42. The number of aryl methyl sites for hydroxylation is 2. The molecular formula is C14H24N4. The van der Waals surface area contributed by atoms with Crippen LogP contribution >= 0.6 is 0 Å². The second kappa shape index (κ2) is 4.67. The second-order valence-electron chi connectivity index (χ2n) is 5.84. The summed E-state index contributed by atoms with van der Waals surface area (Å²) >= 11 is 0. The number of nitrogens with two attached hydrogens (primary N) is 1. The fourth-order valence-corrected chi connectivity index (χ4v) is 3.89. The number of hydrogen-bond donors (Lipinski definition) is 1. The fraction of sp³-hybridized carbons (Fsp3) is 0.786. The van der Waals surface area contributed by atoms with Crippen LogP contribution in [-0.2, 0) is 13.5 Å². The summed E-state index contributed by atoms with van der Waals surface area (Å²) in [7, 11) is 2.01. The van der Waals surface area contributed by atoms with Crippen LogP contribution in [0.3, 0.4) is 0 Å². The van der Waals surface area contributed by atoms with Gasteiger partial charge in [0.2, 0.25) is 0 Å². The minimum Gasteiger partial charge on any atom is -0.329 e. The maximum absolute atomic E-state index is 6.07. The number of nitrogens with zero attached hydrogens (tertiary/aromatic N) is 3. The Morgan fingerprint density at radius 2 is 2.33 bits per heavy atom. The molecule has 1 aromatic heterocycles. The zero-order valence-electron chi connectivity index (χ0n) is 11.5. The molecule has 100 valence electrons. The minimum absolute atomic E-state index is 0.379. The molecule has 0 amide bonds. The van der Waals surface area contributed by atoms with Crippen LogP contribution in [0.2, 0.25) is 0 Å². The Morgan fingerprint density at radius 3 is 2.89 bits per heavy atom. The van der Waals surface area contributed by atoms with Crippen molar-refractivity contribution in [3.8, 4) is 0 Å². The van der Waals surface area contributed by atoms with E-state index in [0.29, 0.717) is 12.6 Å². The summed E-state index contributed by atoms with van der Waals surface area (Å²) in [6, 6.07) is 1.15. The predicted octanol–water partition coefficient (Wildman–Crippen LogP) is 1.47. The molecule has 3 unspecified atom stereocenters. The van der Waals surface area contributed by atoms with E-state index in [1.54, 1.807) is 0 Å². The average Bonchev–Trinajstić information content (AvgIpc) is 3.05. The zero-order chi connectivity index (χ0) is 12.7. The van der Waals surface area contributed by atoms with Gasteiger partial charge < -0.3 is 5.73 Å². The third-order valence-electron chi connectivity index (χ3n) is 4.71. The molecule has 4 heteroatoms. The van der Waals surface area contributed by atoms with Gasteiger partial charge in [-0.25, -0.2) is 0 Å². The first kappa shape index (κ1) is 12.2. The molecule has 0 radical (unpaired) electrons. The van der Waals surface area contributed by atoms with Crippen molar-refractivity contribution >= 4 is 0 Å². The maximum Gasteiger partial charge on any atom is 0.0670 e. The molecule has 2 N–H and O–H groups in total. The van der Waals surface area contributed by atoms with Crippen molar-refractivity contribution in [1.29, 1.82) is 0 Å². The van der Waals surface area contributed by atoms with Gasteiger partial charge >= 0.3 is 0 Å². The third kappa shape index (κ3) is 1.88. The highest BCUT2D eigenvalue weighted by Gasteiger charge is 2.41. The first-order valence-electron chi connectivity index (χ1n) is 7.21. The Kier molecular flexibility index (Phi) is 3.16. The zero-order valence-corrected chi connectivity index (χ0v) is 11.5. The van der Waals surface area contributed by atoms with Crippen LogP contribution in [0.15, 0.2) is 6.20 Å². The molecule has 1 saturated carbocycles. The Morgan fingerprint density at radius 1 is 1.50 bits per heavy atom. The first-order chi connectivity index (χ1) is 8.72. The summed E-state index contributed by atoms with van der Waals surface area (Å²) in [5, 5.41) is 4.57. The van der Waals surface area contributed by atoms with E-state index in [-0.39, 0.29) is 0 Å². The van der Waals surface area contributed by atoms with Gasteiger partial charge in [0.25, 0.3) is 0 Å². The minimum atomic E-state index is 0.379. The van der Waals surface area contributed by atoms with Crippen LogP contribution in [0.5, 0.6) is 0 Å². The highest BCUT2D eigenvalue weighted by molar-refractivity contribution is 5.23. The molecule has 3 rings (SSSR count). The molecule has 2 bridgehead atoms. The van der Waals surface area contributed by atoms with Crippen LogP contribution < -0.4 is 5.73 Å². The van der Waals surface area contributed by atoms with Crippen LogP contribution in [0.25, 0.3) is 0 Å². The van der Waals surface area contributed by atoms with Crippen LogP contribution in [0.4, 0.5) is 0 Å². The normalized spacial score (nSPS) is 29.1. The van der Waals surface area contributed by atoms with Crippen LogP contribution in [0.1, 0.15) is 43.5 Å². The third-order valence-corrected chi connectivity index (χ3v) is 4.71. The molecule has 1 aliphatic carbocycles. The quantitative estimate of drug-likeness (QED) is 0.877. The van der Waals surface area contributed by atoms with Gasteiger partial charge in [0, 0.05) is 37.9 Å². The van der Waals surface area contributed by atoms with Crippen molar-refractivity contribution in [1.82, 2.24) is 14.7 Å². The Labute approximate surface area is 109 Å². The summed E-state index contributed by atoms with van der Waals surface area (Å²) in [6.45, 7) is 4.13. The summed E-state index contributed by atoms with van der Waals surface area (Å²) < 4.78 is 1.94. The summed E-state index contributed by atoms with van der Waals surface area (Å²) in [6.07, 6.45) is 7.34. The van der Waals surface area contributed by atoms with Gasteiger partial charge in [0.1, 0.15) is 0 Å². The number of hydrogen-bond acceptors (Lipinski definition) is 3. The predicted molar refractivity (Wildman–Crippen MR) is 72.2 cm³/mol. The van der Waals surface area contributed by atoms with E-state index in [1.165, 1.54) is 37.1 Å². The fourth-order valence-electron chi connectivity index (χ4n) is 3.89. The summed E-state index contributed by atoms with van der Waals surface area (Å²) in [4.78, 5) is 2.64. The molecule has 2 heterocycles. The number of fused-ring (bicyclic) bond motifs is 2. The molecule has 18 heavy (non-hydrogen) atoms. The Balaban J connectivity index is 1.87. The SMILES string of the molecule is CCc1nn(C)cc1C(CN)N1CC2CCC1C2. The number of likely N-dealkylation sites (tertiary alicyclic amines) is 1. The Bertz CT molecular complexity index is 425. The van der Waals surface area contributed by atoms with E-state index in [1.807, 2.05) is 11.7 Å². The maximum atomic E-state index is 6.07. The van der Waals surface area contributed by atoms with Gasteiger partial charge in [0.15, 0.2) is 0 Å². The van der Waals surface area contributed by atoms with Crippen molar-refractivity contribution in [3.63, 3.8) is 0 Å². The molecule has 1 saturated heterocycles. The van der Waals surface area contributed by atoms with Crippen molar-refractivity contribution in [3.05, 3.63) is 17.5 Å². The standard InChI is InChI=1S/C14H24N4/c1-3-13-12(9-17(2)16-13)14(7-15)18-8-10-4-5-11(18)6-10/h9-11,14H,3-8,15H2,1-2H3. The van der Waals surface area contributed by atoms with Gasteiger partial charge in [-0.15, -0.1) is 0 Å². The molecule has 0 spiro atoms. The number of aromatic nitrogens is 2. The van der Waals surface area contributed by atoms with Gasteiger partial charge in [-0.05, 0) is 31.6 Å². The Hall–Kier alpha value is -0.870. The molecule has 0 aromatic carbocycles. The highest BCUT2D eigenvalue weighted by atomic mass is 15.3. The van der Waals surface area contributed by atoms with Crippen LogP contribution in [0, 0.1) is 5.92 Å². The summed E-state index contributed by atoms with van der Waals surface area (Å²) in [5.41, 5.74) is 8.65. The molecule has 2 aliphatic rings. The van der Waals surface area contributed by atoms with Crippen molar-refractivity contribution < 1.29 is 0 Å². The van der Waals surface area contributed by atoms with E-state index in [2.05, 4.69) is 23.1 Å². The average molecular weight is 248 g/mol. The lowest BCUT2D eigenvalue weighted by atomic mass is 10.0. The molecule has 1 aliphatic heterocycles. The lowest BCUT2D eigenvalue weighted by Gasteiger charge is -2.34. The molecule has 1 aromatic rings. The van der Waals surface area contributed by atoms with E-state index >= 15 is 0 Å². The molecule has 2 fully saturated rings. The molecule has 3 atom stereocenters. The monoisotopic (exact) mass is 248 g/mol. The van der Waals surface area contributed by atoms with Gasteiger partial charge in [0.05, 0.1) is 11.7 Å². The number of piperidine rings is 1. The smallest absolute Gasteiger partial charge is 0.0670 e. The van der Waals surface area contributed by atoms with E-state index in [9.17, 15) is 0 Å². The van der Waals surface area contributed by atoms with E-state index in [4.69, 9.17) is 5.73 Å². The van der Waals surface area contributed by atoms with Crippen molar-refractivity contribution in [2.75, 3.05) is 13.1 Å². The van der Waals surface area contributed by atoms with Gasteiger partial charge in [-0.1, -0.05) is 6.92 Å². The molecule has 4 nitrogen and oxygen atoms in total. The van der Waals surface area contributed by atoms with Gasteiger partial charge in [-0.2, -0.15) is 5.10 Å². The van der Waals surface area contributed by atoms with Crippen molar-refractivity contribution in [2.45, 2.75) is 44.7 Å². The lowest BCUT2D eigenvalue weighted by molar-refractivity contribution is 0.152.